The Morgan fingerprint density at radius 2 is 2.00 bits per heavy atom. The van der Waals surface area contributed by atoms with Gasteiger partial charge < -0.3 is 9.64 Å². The third kappa shape index (κ3) is 4.29. The Morgan fingerprint density at radius 3 is 2.62 bits per heavy atom. The molecule has 0 aromatic heterocycles. The monoisotopic (exact) mass is 290 g/mol. The standard InChI is InChI=1S/C17H26N2O2/c1-4-16-18-15(12-14-8-6-5-7-9-14)17(20)19(16)10-11-21-13(2)3/h5-9,13,15-16,18H,4,10-12H2,1-3H3. The molecule has 21 heavy (non-hydrogen) atoms. The average Bonchev–Trinajstić information content (AvgIpc) is 2.76. The van der Waals surface area contributed by atoms with Crippen molar-refractivity contribution in [2.45, 2.75) is 51.9 Å². The molecule has 1 aromatic carbocycles. The van der Waals surface area contributed by atoms with Gasteiger partial charge in [0.2, 0.25) is 5.91 Å². The molecule has 116 valence electrons. The third-order valence-electron chi connectivity index (χ3n) is 3.80. The van der Waals surface area contributed by atoms with Crippen LogP contribution in [0.15, 0.2) is 30.3 Å². The minimum Gasteiger partial charge on any atom is -0.377 e. The molecule has 4 heteroatoms. The molecule has 2 unspecified atom stereocenters. The van der Waals surface area contributed by atoms with Crippen molar-refractivity contribution in [1.82, 2.24) is 10.2 Å². The molecule has 0 aliphatic carbocycles. The van der Waals surface area contributed by atoms with E-state index in [0.29, 0.717) is 13.2 Å². The lowest BCUT2D eigenvalue weighted by atomic mass is 10.1. The molecule has 1 aliphatic rings. The zero-order valence-corrected chi connectivity index (χ0v) is 13.2. The predicted octanol–water partition coefficient (Wildman–Crippen LogP) is 2.19. The molecule has 1 fully saturated rings. The molecule has 1 saturated heterocycles. The number of nitrogens with one attached hydrogen (secondary N) is 1. The first-order valence-corrected chi connectivity index (χ1v) is 7.84. The van der Waals surface area contributed by atoms with Crippen molar-refractivity contribution in [1.29, 1.82) is 0 Å². The fraction of sp³-hybridized carbons (Fsp3) is 0.588. The number of benzene rings is 1. The van der Waals surface area contributed by atoms with Gasteiger partial charge in [0, 0.05) is 6.54 Å². The van der Waals surface area contributed by atoms with Gasteiger partial charge in [-0.15, -0.1) is 0 Å². The largest absolute Gasteiger partial charge is 0.377 e. The van der Waals surface area contributed by atoms with Crippen LogP contribution in [0.2, 0.25) is 0 Å². The lowest BCUT2D eigenvalue weighted by molar-refractivity contribution is -0.131. The van der Waals surface area contributed by atoms with E-state index in [1.165, 1.54) is 5.56 Å². The van der Waals surface area contributed by atoms with Crippen molar-refractivity contribution in [3.63, 3.8) is 0 Å². The maximum Gasteiger partial charge on any atom is 0.241 e. The van der Waals surface area contributed by atoms with Crippen molar-refractivity contribution >= 4 is 5.91 Å². The summed E-state index contributed by atoms with van der Waals surface area (Å²) in [6.07, 6.45) is 1.99. The van der Waals surface area contributed by atoms with Gasteiger partial charge >= 0.3 is 0 Å². The van der Waals surface area contributed by atoms with Crippen LogP contribution in [0.1, 0.15) is 32.8 Å². The van der Waals surface area contributed by atoms with Crippen LogP contribution in [-0.2, 0) is 16.0 Å². The van der Waals surface area contributed by atoms with Gasteiger partial charge in [-0.05, 0) is 32.3 Å². The summed E-state index contributed by atoms with van der Waals surface area (Å²) in [7, 11) is 0. The predicted molar refractivity (Wildman–Crippen MR) is 83.9 cm³/mol. The molecule has 1 aromatic rings. The maximum absolute atomic E-state index is 12.6. The molecule has 1 N–H and O–H groups in total. The van der Waals surface area contributed by atoms with Crippen molar-refractivity contribution in [2.24, 2.45) is 0 Å². The average molecular weight is 290 g/mol. The van der Waals surface area contributed by atoms with E-state index in [1.807, 2.05) is 36.9 Å². The Bertz CT molecular complexity index is 447. The van der Waals surface area contributed by atoms with E-state index >= 15 is 0 Å². The molecule has 0 radical (unpaired) electrons. The summed E-state index contributed by atoms with van der Waals surface area (Å²) in [5.74, 6) is 0.193. The Kier molecular flexibility index (Phi) is 5.76. The minimum absolute atomic E-state index is 0.114. The van der Waals surface area contributed by atoms with E-state index in [0.717, 1.165) is 12.8 Å². The Balaban J connectivity index is 1.94. The first-order chi connectivity index (χ1) is 10.1. The molecule has 1 heterocycles. The first kappa shape index (κ1) is 16.0. The first-order valence-electron chi connectivity index (χ1n) is 7.84. The molecule has 1 amide bonds. The van der Waals surface area contributed by atoms with E-state index in [9.17, 15) is 4.79 Å². The summed E-state index contributed by atoms with van der Waals surface area (Å²) in [5, 5.41) is 3.45. The van der Waals surface area contributed by atoms with Gasteiger partial charge in [-0.3, -0.25) is 10.1 Å². The number of nitrogens with zero attached hydrogens (tertiary/aromatic N) is 1. The summed E-state index contributed by atoms with van der Waals surface area (Å²) in [6, 6.07) is 10.1. The molecule has 0 bridgehead atoms. The topological polar surface area (TPSA) is 41.6 Å². The number of amides is 1. The van der Waals surface area contributed by atoms with Crippen LogP contribution >= 0.6 is 0 Å². The normalized spacial score (nSPS) is 22.3. The van der Waals surface area contributed by atoms with E-state index in [4.69, 9.17) is 4.74 Å². The number of carbonyl (C=O) groups excluding carboxylic acids is 1. The zero-order valence-electron chi connectivity index (χ0n) is 13.2. The molecule has 2 atom stereocenters. The fourth-order valence-electron chi connectivity index (χ4n) is 2.73. The molecule has 0 saturated carbocycles. The Morgan fingerprint density at radius 1 is 1.29 bits per heavy atom. The second-order valence-corrected chi connectivity index (χ2v) is 5.78. The molecule has 1 aliphatic heterocycles. The van der Waals surface area contributed by atoms with E-state index < -0.39 is 0 Å². The van der Waals surface area contributed by atoms with Crippen LogP contribution in [-0.4, -0.2) is 42.3 Å². The van der Waals surface area contributed by atoms with Gasteiger partial charge in [0.1, 0.15) is 0 Å². The van der Waals surface area contributed by atoms with Crippen molar-refractivity contribution in [2.75, 3.05) is 13.2 Å². The smallest absolute Gasteiger partial charge is 0.241 e. The second kappa shape index (κ2) is 7.57. The van der Waals surface area contributed by atoms with Crippen molar-refractivity contribution in [3.05, 3.63) is 35.9 Å². The number of ether oxygens (including phenoxy) is 1. The van der Waals surface area contributed by atoms with Gasteiger partial charge in [0.05, 0.1) is 24.9 Å². The number of hydrogen-bond donors (Lipinski definition) is 1. The lowest BCUT2D eigenvalue weighted by Crippen LogP contribution is -2.39. The van der Waals surface area contributed by atoms with Gasteiger partial charge in [-0.25, -0.2) is 0 Å². The Hall–Kier alpha value is -1.39. The highest BCUT2D eigenvalue weighted by atomic mass is 16.5. The van der Waals surface area contributed by atoms with Crippen LogP contribution in [0, 0.1) is 0 Å². The fourth-order valence-corrected chi connectivity index (χ4v) is 2.73. The number of carbonyl (C=O) groups is 1. The van der Waals surface area contributed by atoms with Gasteiger partial charge in [0.25, 0.3) is 0 Å². The molecule has 0 spiro atoms. The van der Waals surface area contributed by atoms with Gasteiger partial charge in [-0.2, -0.15) is 0 Å². The zero-order chi connectivity index (χ0) is 15.2. The van der Waals surface area contributed by atoms with Crippen LogP contribution in [0.4, 0.5) is 0 Å². The number of hydrogen-bond acceptors (Lipinski definition) is 3. The second-order valence-electron chi connectivity index (χ2n) is 5.78. The quantitative estimate of drug-likeness (QED) is 0.837. The summed E-state index contributed by atoms with van der Waals surface area (Å²) >= 11 is 0. The van der Waals surface area contributed by atoms with Crippen LogP contribution in [0.5, 0.6) is 0 Å². The molecular weight excluding hydrogens is 264 g/mol. The highest BCUT2D eigenvalue weighted by Crippen LogP contribution is 2.17. The van der Waals surface area contributed by atoms with E-state index in [1.54, 1.807) is 0 Å². The van der Waals surface area contributed by atoms with Crippen LogP contribution < -0.4 is 5.32 Å². The summed E-state index contributed by atoms with van der Waals surface area (Å²) in [5.41, 5.74) is 1.19. The van der Waals surface area contributed by atoms with Crippen LogP contribution in [0.25, 0.3) is 0 Å². The molecule has 2 rings (SSSR count). The maximum atomic E-state index is 12.6. The highest BCUT2D eigenvalue weighted by Gasteiger charge is 2.37. The van der Waals surface area contributed by atoms with Crippen LogP contribution in [0.3, 0.4) is 0 Å². The van der Waals surface area contributed by atoms with Crippen molar-refractivity contribution < 1.29 is 9.53 Å². The molecule has 4 nitrogen and oxygen atoms in total. The minimum atomic E-state index is -0.114. The summed E-state index contributed by atoms with van der Waals surface area (Å²) in [4.78, 5) is 14.5. The van der Waals surface area contributed by atoms with Crippen molar-refractivity contribution in [3.8, 4) is 0 Å². The Labute approximate surface area is 127 Å². The van der Waals surface area contributed by atoms with E-state index in [-0.39, 0.29) is 24.2 Å². The van der Waals surface area contributed by atoms with E-state index in [2.05, 4.69) is 24.4 Å². The van der Waals surface area contributed by atoms with Gasteiger partial charge in [-0.1, -0.05) is 37.3 Å². The SMILES string of the molecule is CCC1NC(Cc2ccccc2)C(=O)N1CCOC(C)C. The lowest BCUT2D eigenvalue weighted by Gasteiger charge is -2.23. The van der Waals surface area contributed by atoms with Gasteiger partial charge in [0.15, 0.2) is 0 Å². The highest BCUT2D eigenvalue weighted by molar-refractivity contribution is 5.84. The molecular formula is C17H26N2O2. The summed E-state index contributed by atoms with van der Waals surface area (Å²) < 4.78 is 5.58. The number of rotatable bonds is 7. The summed E-state index contributed by atoms with van der Waals surface area (Å²) in [6.45, 7) is 7.39. The third-order valence-corrected chi connectivity index (χ3v) is 3.80.